The molecule has 8 aromatic carbocycles. The number of furan rings is 1. The normalized spacial score (nSPS) is 32.4. The van der Waals surface area contributed by atoms with E-state index in [2.05, 4.69) is 176 Å². The second-order valence-corrected chi connectivity index (χ2v) is 27.6. The number of anilines is 3. The highest BCUT2D eigenvalue weighted by atomic mass is 16.3. The summed E-state index contributed by atoms with van der Waals surface area (Å²) in [6.07, 6.45) is 14.4. The summed E-state index contributed by atoms with van der Waals surface area (Å²) >= 11 is 0. The highest BCUT2D eigenvalue weighted by Gasteiger charge is 2.78. The van der Waals surface area contributed by atoms with E-state index in [0.29, 0.717) is 16.2 Å². The molecule has 2 aromatic heterocycles. The summed E-state index contributed by atoms with van der Waals surface area (Å²) in [6, 6.07) is 57.7. The van der Waals surface area contributed by atoms with Gasteiger partial charge in [-0.3, -0.25) is 0 Å². The summed E-state index contributed by atoms with van der Waals surface area (Å²) in [5.41, 5.74) is 21.6. The second-order valence-electron chi connectivity index (χ2n) is 27.6. The quantitative estimate of drug-likeness (QED) is 0.164. The first kappa shape index (κ1) is 39.9. The van der Waals surface area contributed by atoms with Gasteiger partial charge < -0.3 is 13.8 Å². The standard InChI is InChI=1S/C70H59BN2O/c1-66(2,3)42-17-19-57(52(28-42)38-11-5-4-6-12-38)72-59-22-41-15-9-10-16-51(41)61-56-31-44(68-34-49-26-46-27-50(35-68)70(46,49)37-68)30-54-53-29-43(67-32-47-24-45-25-48(33-67)69(45,47)36-67)18-20-58(53)73(63(54)56)71(62(59)61)65-64(72)55-21-39-13-7-8-14-40(39)23-60(55)74-65/h4-23,28-31,45-50H,24-27,32-37H2,1-3H3. The van der Waals surface area contributed by atoms with Crippen LogP contribution in [0.5, 0.6) is 0 Å². The lowest BCUT2D eigenvalue weighted by atomic mass is 9.38. The van der Waals surface area contributed by atoms with E-state index in [9.17, 15) is 0 Å². The van der Waals surface area contributed by atoms with Crippen LogP contribution in [0.3, 0.4) is 0 Å². The van der Waals surface area contributed by atoms with Crippen LogP contribution in [0.1, 0.15) is 102 Å². The number of aromatic nitrogens is 1. The first-order valence-electron chi connectivity index (χ1n) is 28.7. The number of benzene rings is 8. The molecule has 358 valence electrons. The molecular weight excluding hydrogens is 896 g/mol. The molecule has 4 heteroatoms. The van der Waals surface area contributed by atoms with Crippen LogP contribution in [0.4, 0.5) is 17.1 Å². The molecule has 0 amide bonds. The van der Waals surface area contributed by atoms with Crippen molar-refractivity contribution >= 4 is 89.4 Å². The number of nitrogens with zero attached hydrogens (tertiary/aromatic N) is 2. The Labute approximate surface area is 433 Å². The summed E-state index contributed by atoms with van der Waals surface area (Å²) in [5.74, 6) is 5.76. The second kappa shape index (κ2) is 12.4. The molecule has 0 saturated heterocycles. The van der Waals surface area contributed by atoms with Gasteiger partial charge in [-0.15, -0.1) is 0 Å². The molecule has 4 unspecified atom stereocenters. The molecule has 20 rings (SSSR count). The molecule has 0 N–H and O–H groups in total. The fraction of sp³-hybridized carbons (Fsp3) is 0.343. The smallest absolute Gasteiger partial charge is 0.376 e. The van der Waals surface area contributed by atoms with E-state index in [4.69, 9.17) is 4.42 Å². The number of fused-ring (bicyclic) bond motifs is 14. The van der Waals surface area contributed by atoms with E-state index < -0.39 is 0 Å². The van der Waals surface area contributed by atoms with Crippen LogP contribution in [0.15, 0.2) is 150 Å². The zero-order chi connectivity index (χ0) is 48.1. The van der Waals surface area contributed by atoms with E-state index in [-0.39, 0.29) is 17.7 Å². The van der Waals surface area contributed by atoms with Crippen molar-refractivity contribution in [2.75, 3.05) is 4.90 Å². The third-order valence-corrected chi connectivity index (χ3v) is 24.1. The summed E-state index contributed by atoms with van der Waals surface area (Å²) in [5, 5.41) is 9.23. The predicted molar refractivity (Wildman–Crippen MR) is 304 cm³/mol. The summed E-state index contributed by atoms with van der Waals surface area (Å²) in [6.45, 7) is 6.87. The summed E-state index contributed by atoms with van der Waals surface area (Å²) in [7, 11) is 0. The summed E-state index contributed by atoms with van der Waals surface area (Å²) < 4.78 is 10.5. The van der Waals surface area contributed by atoms with Crippen molar-refractivity contribution in [1.29, 1.82) is 0 Å². The van der Waals surface area contributed by atoms with Gasteiger partial charge >= 0.3 is 6.85 Å². The van der Waals surface area contributed by atoms with Gasteiger partial charge in [0, 0.05) is 44.0 Å². The van der Waals surface area contributed by atoms with Gasteiger partial charge in [0.2, 0.25) is 0 Å². The fourth-order valence-corrected chi connectivity index (χ4v) is 21.2. The lowest BCUT2D eigenvalue weighted by Gasteiger charge is -2.66. The Morgan fingerprint density at radius 1 is 0.527 bits per heavy atom. The van der Waals surface area contributed by atoms with Gasteiger partial charge in [0.15, 0.2) is 0 Å². The van der Waals surface area contributed by atoms with E-state index in [1.807, 2.05) is 0 Å². The molecule has 10 aromatic rings. The molecule has 4 atom stereocenters. The van der Waals surface area contributed by atoms with Crippen molar-refractivity contribution in [2.45, 2.75) is 101 Å². The highest BCUT2D eigenvalue weighted by molar-refractivity contribution is 6.90. The predicted octanol–water partition coefficient (Wildman–Crippen LogP) is 16.4. The average Bonchev–Trinajstić information content (AvgIpc) is 4.24. The van der Waals surface area contributed by atoms with Gasteiger partial charge in [0.05, 0.1) is 11.4 Å². The van der Waals surface area contributed by atoms with Crippen LogP contribution in [0, 0.1) is 46.3 Å². The third-order valence-electron chi connectivity index (χ3n) is 24.1. The fourth-order valence-electron chi connectivity index (χ4n) is 21.2. The molecule has 10 aliphatic rings. The minimum Gasteiger partial charge on any atom is -0.466 e. The molecule has 8 aliphatic carbocycles. The highest BCUT2D eigenvalue weighted by Crippen LogP contribution is 2.86. The number of rotatable bonds is 4. The van der Waals surface area contributed by atoms with Crippen molar-refractivity contribution in [3.05, 3.63) is 162 Å². The van der Waals surface area contributed by atoms with Crippen LogP contribution >= 0.6 is 0 Å². The zero-order valence-electron chi connectivity index (χ0n) is 42.8. The molecule has 74 heavy (non-hydrogen) atoms. The van der Waals surface area contributed by atoms with Crippen molar-refractivity contribution in [1.82, 2.24) is 4.48 Å². The van der Waals surface area contributed by atoms with Gasteiger partial charge in [-0.2, -0.15) is 0 Å². The third kappa shape index (κ3) is 4.31. The van der Waals surface area contributed by atoms with Crippen molar-refractivity contribution in [3.8, 4) is 22.3 Å². The van der Waals surface area contributed by atoms with Gasteiger partial charge in [0.25, 0.3) is 0 Å². The van der Waals surface area contributed by atoms with Crippen LogP contribution in [0.25, 0.3) is 76.6 Å². The van der Waals surface area contributed by atoms with Crippen LogP contribution in [0.2, 0.25) is 0 Å². The maximum Gasteiger partial charge on any atom is 0.376 e. The maximum atomic E-state index is 7.72. The van der Waals surface area contributed by atoms with Gasteiger partial charge in [-0.25, -0.2) is 0 Å². The minimum absolute atomic E-state index is 0.0278. The number of hydrogen-bond acceptors (Lipinski definition) is 2. The first-order valence-corrected chi connectivity index (χ1v) is 28.7. The molecule has 2 spiro atoms. The maximum absolute atomic E-state index is 7.72. The van der Waals surface area contributed by atoms with Crippen LogP contribution < -0.4 is 16.0 Å². The van der Waals surface area contributed by atoms with E-state index in [0.717, 1.165) is 46.8 Å². The van der Waals surface area contributed by atoms with Crippen molar-refractivity contribution in [2.24, 2.45) is 46.3 Å². The van der Waals surface area contributed by atoms with Gasteiger partial charge in [-0.05, 0) is 236 Å². The van der Waals surface area contributed by atoms with Crippen molar-refractivity contribution < 1.29 is 4.42 Å². The zero-order valence-corrected chi connectivity index (χ0v) is 42.8. The Bertz CT molecular complexity index is 4260. The molecule has 3 nitrogen and oxygen atoms in total. The van der Waals surface area contributed by atoms with Crippen molar-refractivity contribution in [3.63, 3.8) is 0 Å². The van der Waals surface area contributed by atoms with Crippen LogP contribution in [-0.2, 0) is 16.2 Å². The monoisotopic (exact) mass is 954 g/mol. The Balaban J connectivity index is 0.926. The number of hydrogen-bond donors (Lipinski definition) is 0. The van der Waals surface area contributed by atoms with Crippen LogP contribution in [-0.4, -0.2) is 11.3 Å². The molecule has 8 fully saturated rings. The Morgan fingerprint density at radius 3 is 1.86 bits per heavy atom. The topological polar surface area (TPSA) is 21.3 Å². The Morgan fingerprint density at radius 2 is 1.18 bits per heavy atom. The average molecular weight is 955 g/mol. The molecule has 0 radical (unpaired) electrons. The largest absolute Gasteiger partial charge is 0.466 e. The summed E-state index contributed by atoms with van der Waals surface area (Å²) in [4.78, 5) is 2.66. The molecule has 8 saturated carbocycles. The van der Waals surface area contributed by atoms with E-state index in [1.165, 1.54) is 163 Å². The van der Waals surface area contributed by atoms with Gasteiger partial charge in [-0.1, -0.05) is 112 Å². The molecule has 4 heterocycles. The SMILES string of the molecule is CC(C)(C)c1ccc(N2c3cc4ccccc4c4c3B(c3oc5cc6ccccc6cc5c32)n2c3ccc(C56CC7CC8CC(C5)C87C6)cc3c3cc(C56CC7CC8CC(C5)C87C6)cc-4c32)c(-c2ccccc2)c1. The molecular formula is C70H59BN2O. The lowest BCUT2D eigenvalue weighted by Crippen LogP contribution is -2.59. The van der Waals surface area contributed by atoms with E-state index in [1.54, 1.807) is 11.1 Å². The van der Waals surface area contributed by atoms with E-state index >= 15 is 0 Å². The molecule has 4 bridgehead atoms. The molecule has 2 aliphatic heterocycles. The van der Waals surface area contributed by atoms with Gasteiger partial charge in [0.1, 0.15) is 11.2 Å². The first-order chi connectivity index (χ1) is 36.1. The minimum atomic E-state index is -0.172. The lowest BCUT2D eigenvalue weighted by molar-refractivity contribution is -0.175. The Kier molecular flexibility index (Phi) is 6.70. The Hall–Kier alpha value is -6.52.